The van der Waals surface area contributed by atoms with Crippen LogP contribution in [0.5, 0.6) is 5.75 Å². The summed E-state index contributed by atoms with van der Waals surface area (Å²) in [5.41, 5.74) is 2.23. The van der Waals surface area contributed by atoms with Gasteiger partial charge in [0.05, 0.1) is 13.1 Å². The quantitative estimate of drug-likeness (QED) is 0.795. The van der Waals surface area contributed by atoms with Gasteiger partial charge in [-0.2, -0.15) is 13.2 Å². The van der Waals surface area contributed by atoms with Crippen molar-refractivity contribution in [2.75, 3.05) is 32.8 Å². The lowest BCUT2D eigenvalue weighted by atomic mass is 9.96. The number of rotatable bonds is 6. The fourth-order valence-corrected chi connectivity index (χ4v) is 3.11. The van der Waals surface area contributed by atoms with E-state index in [9.17, 15) is 18.0 Å². The molecular formula is C18H25F3N2O2. The molecule has 1 amide bonds. The lowest BCUT2D eigenvalue weighted by Crippen LogP contribution is -2.44. The second kappa shape index (κ2) is 8.56. The molecule has 7 heteroatoms. The van der Waals surface area contributed by atoms with Gasteiger partial charge in [0.15, 0.2) is 0 Å². The minimum absolute atomic E-state index is 0.101. The smallest absolute Gasteiger partial charge is 0.401 e. The highest BCUT2D eigenvalue weighted by Crippen LogP contribution is 2.22. The summed E-state index contributed by atoms with van der Waals surface area (Å²) in [7, 11) is 0. The highest BCUT2D eigenvalue weighted by atomic mass is 19.4. The highest BCUT2D eigenvalue weighted by molar-refractivity contribution is 5.78. The van der Waals surface area contributed by atoms with E-state index in [1.54, 1.807) is 0 Å². The van der Waals surface area contributed by atoms with Crippen LogP contribution in [-0.2, 0) is 4.79 Å². The maximum Gasteiger partial charge on any atom is 0.401 e. The number of ether oxygens (including phenoxy) is 1. The first-order chi connectivity index (χ1) is 11.7. The van der Waals surface area contributed by atoms with Crippen LogP contribution in [0.3, 0.4) is 0 Å². The number of likely N-dealkylation sites (tertiary alicyclic amines) is 1. The van der Waals surface area contributed by atoms with Crippen molar-refractivity contribution in [3.05, 3.63) is 29.3 Å². The van der Waals surface area contributed by atoms with Crippen LogP contribution in [0, 0.1) is 19.8 Å². The molecule has 1 aliphatic heterocycles. The predicted molar refractivity (Wildman–Crippen MR) is 89.6 cm³/mol. The maximum absolute atomic E-state index is 12.4. The Kier molecular flexibility index (Phi) is 6.70. The fourth-order valence-electron chi connectivity index (χ4n) is 3.11. The van der Waals surface area contributed by atoms with Crippen molar-refractivity contribution in [2.45, 2.75) is 32.9 Å². The number of carbonyl (C=O) groups excluding carboxylic acids is 1. The Balaban J connectivity index is 1.66. The molecule has 1 N–H and O–H groups in total. The Bertz CT molecular complexity index is 562. The number of benzene rings is 1. The molecule has 0 aliphatic carbocycles. The number of alkyl halides is 3. The van der Waals surface area contributed by atoms with Crippen LogP contribution in [0.4, 0.5) is 13.2 Å². The zero-order chi connectivity index (χ0) is 18.4. The van der Waals surface area contributed by atoms with Crippen LogP contribution < -0.4 is 10.1 Å². The molecule has 1 saturated heterocycles. The summed E-state index contributed by atoms with van der Waals surface area (Å²) in [6.07, 6.45) is -3.26. The fraction of sp³-hybridized carbons (Fsp3) is 0.611. The van der Waals surface area contributed by atoms with E-state index in [1.165, 1.54) is 4.90 Å². The van der Waals surface area contributed by atoms with Crippen LogP contribution in [0.1, 0.15) is 24.0 Å². The summed E-state index contributed by atoms with van der Waals surface area (Å²) in [6.45, 7) is 4.44. The number of amides is 1. The molecule has 0 unspecified atom stereocenters. The average Bonchev–Trinajstić information content (AvgIpc) is 2.49. The first-order valence-corrected chi connectivity index (χ1v) is 8.51. The molecule has 1 fully saturated rings. The molecule has 25 heavy (non-hydrogen) atoms. The Morgan fingerprint density at radius 3 is 2.36 bits per heavy atom. The normalized spacial score (nSPS) is 16.7. The predicted octanol–water partition coefficient (Wildman–Crippen LogP) is 3.07. The molecule has 0 aromatic heterocycles. The van der Waals surface area contributed by atoms with Crippen molar-refractivity contribution in [1.29, 1.82) is 0 Å². The van der Waals surface area contributed by atoms with Crippen molar-refractivity contribution in [3.63, 3.8) is 0 Å². The monoisotopic (exact) mass is 358 g/mol. The van der Waals surface area contributed by atoms with Crippen LogP contribution >= 0.6 is 0 Å². The molecule has 0 atom stereocenters. The largest absolute Gasteiger partial charge is 0.492 e. The molecular weight excluding hydrogens is 333 g/mol. The summed E-state index contributed by atoms with van der Waals surface area (Å²) in [5, 5.41) is 2.81. The summed E-state index contributed by atoms with van der Waals surface area (Å²) in [6, 6.07) is 5.93. The van der Waals surface area contributed by atoms with Gasteiger partial charge in [-0.3, -0.25) is 9.69 Å². The van der Waals surface area contributed by atoms with Gasteiger partial charge in [0.25, 0.3) is 0 Å². The van der Waals surface area contributed by atoms with E-state index in [2.05, 4.69) is 11.4 Å². The molecule has 1 heterocycles. The van der Waals surface area contributed by atoms with Gasteiger partial charge in [0.1, 0.15) is 12.4 Å². The van der Waals surface area contributed by atoms with Gasteiger partial charge in [0.2, 0.25) is 5.91 Å². The van der Waals surface area contributed by atoms with E-state index in [4.69, 9.17) is 4.74 Å². The van der Waals surface area contributed by atoms with Gasteiger partial charge >= 0.3 is 6.18 Å². The van der Waals surface area contributed by atoms with Crippen molar-refractivity contribution in [2.24, 2.45) is 5.92 Å². The van der Waals surface area contributed by atoms with E-state index in [0.29, 0.717) is 39.1 Å². The molecule has 4 nitrogen and oxygen atoms in total. The third-order valence-electron chi connectivity index (χ3n) is 4.23. The first kappa shape index (κ1) is 19.6. The molecule has 2 rings (SSSR count). The van der Waals surface area contributed by atoms with Crippen LogP contribution in [0.15, 0.2) is 18.2 Å². The number of nitrogens with one attached hydrogen (secondary N) is 1. The van der Waals surface area contributed by atoms with E-state index in [1.807, 2.05) is 26.0 Å². The summed E-state index contributed by atoms with van der Waals surface area (Å²) < 4.78 is 42.7. The first-order valence-electron chi connectivity index (χ1n) is 8.51. The second-order valence-electron chi connectivity index (χ2n) is 6.63. The third kappa shape index (κ3) is 6.94. The van der Waals surface area contributed by atoms with Crippen LogP contribution in [0.25, 0.3) is 0 Å². The van der Waals surface area contributed by atoms with E-state index < -0.39 is 12.7 Å². The molecule has 0 radical (unpaired) electrons. The Labute approximate surface area is 146 Å². The molecule has 0 saturated carbocycles. The van der Waals surface area contributed by atoms with Gasteiger partial charge in [-0.05, 0) is 63.0 Å². The molecule has 140 valence electrons. The van der Waals surface area contributed by atoms with E-state index in [0.717, 1.165) is 16.9 Å². The Morgan fingerprint density at radius 1 is 1.20 bits per heavy atom. The van der Waals surface area contributed by atoms with Crippen molar-refractivity contribution in [1.82, 2.24) is 10.2 Å². The standard InChI is InChI=1S/C18H25F3N2O2/c1-13-9-14(2)11-16(10-13)25-8-5-22-17(24)15-3-6-23(7-4-15)12-18(19,20)21/h9-11,15H,3-8,12H2,1-2H3,(H,22,24). The van der Waals surface area contributed by atoms with E-state index in [-0.39, 0.29) is 11.8 Å². The minimum Gasteiger partial charge on any atom is -0.492 e. The summed E-state index contributed by atoms with van der Waals surface area (Å²) in [4.78, 5) is 13.5. The molecule has 1 aromatic carbocycles. The number of carbonyl (C=O) groups is 1. The van der Waals surface area contributed by atoms with Gasteiger partial charge in [0, 0.05) is 5.92 Å². The van der Waals surface area contributed by atoms with E-state index >= 15 is 0 Å². The molecule has 0 spiro atoms. The average molecular weight is 358 g/mol. The lowest BCUT2D eigenvalue weighted by molar-refractivity contribution is -0.149. The zero-order valence-electron chi connectivity index (χ0n) is 14.7. The van der Waals surface area contributed by atoms with Crippen molar-refractivity contribution < 1.29 is 22.7 Å². The second-order valence-corrected chi connectivity index (χ2v) is 6.63. The third-order valence-corrected chi connectivity index (χ3v) is 4.23. The minimum atomic E-state index is -4.18. The Morgan fingerprint density at radius 2 is 1.80 bits per heavy atom. The van der Waals surface area contributed by atoms with Gasteiger partial charge in [-0.25, -0.2) is 0 Å². The maximum atomic E-state index is 12.4. The van der Waals surface area contributed by atoms with Gasteiger partial charge < -0.3 is 10.1 Å². The lowest BCUT2D eigenvalue weighted by Gasteiger charge is -2.31. The summed E-state index contributed by atoms with van der Waals surface area (Å²) in [5.74, 6) is 0.452. The number of hydrogen-bond acceptors (Lipinski definition) is 3. The van der Waals surface area contributed by atoms with Gasteiger partial charge in [-0.15, -0.1) is 0 Å². The number of aryl methyl sites for hydroxylation is 2. The van der Waals surface area contributed by atoms with Gasteiger partial charge in [-0.1, -0.05) is 6.07 Å². The van der Waals surface area contributed by atoms with Crippen molar-refractivity contribution >= 4 is 5.91 Å². The number of hydrogen-bond donors (Lipinski definition) is 1. The SMILES string of the molecule is Cc1cc(C)cc(OCCNC(=O)C2CCN(CC(F)(F)F)CC2)c1. The molecule has 1 aliphatic rings. The highest BCUT2D eigenvalue weighted by Gasteiger charge is 2.33. The Hall–Kier alpha value is -1.76. The number of halogens is 3. The zero-order valence-corrected chi connectivity index (χ0v) is 14.7. The molecule has 0 bridgehead atoms. The molecule has 1 aromatic rings. The number of piperidine rings is 1. The number of nitrogens with zero attached hydrogens (tertiary/aromatic N) is 1. The van der Waals surface area contributed by atoms with Crippen LogP contribution in [-0.4, -0.2) is 49.8 Å². The van der Waals surface area contributed by atoms with Crippen molar-refractivity contribution in [3.8, 4) is 5.75 Å². The topological polar surface area (TPSA) is 41.6 Å². The summed E-state index contributed by atoms with van der Waals surface area (Å²) >= 11 is 0. The van der Waals surface area contributed by atoms with Crippen LogP contribution in [0.2, 0.25) is 0 Å².